The number of likely N-dealkylation sites (tertiary alicyclic amines) is 1. The lowest BCUT2D eigenvalue weighted by molar-refractivity contribution is -0.120. The van der Waals surface area contributed by atoms with Gasteiger partial charge in [-0.1, -0.05) is 6.92 Å². The third-order valence-corrected chi connectivity index (χ3v) is 6.00. The van der Waals surface area contributed by atoms with Crippen molar-refractivity contribution in [2.24, 2.45) is 0 Å². The van der Waals surface area contributed by atoms with Crippen LogP contribution in [0.4, 0.5) is 19.7 Å². The monoisotopic (exact) mass is 459 g/mol. The molecule has 0 spiro atoms. The van der Waals surface area contributed by atoms with Crippen LogP contribution in [0.3, 0.4) is 0 Å². The summed E-state index contributed by atoms with van der Waals surface area (Å²) in [6.07, 6.45) is 3.10. The van der Waals surface area contributed by atoms with Gasteiger partial charge in [0.15, 0.2) is 0 Å². The number of halogens is 1. The molecular formula is C23H30FN5O4. The molecule has 2 fully saturated rings. The Morgan fingerprint density at radius 3 is 2.70 bits per heavy atom. The van der Waals surface area contributed by atoms with E-state index in [0.29, 0.717) is 30.7 Å². The molecule has 0 radical (unpaired) electrons. The van der Waals surface area contributed by atoms with Gasteiger partial charge in [0.25, 0.3) is 0 Å². The maximum absolute atomic E-state index is 15.3. The molecule has 0 saturated carbocycles. The van der Waals surface area contributed by atoms with Crippen LogP contribution in [0.25, 0.3) is 11.0 Å². The lowest BCUT2D eigenvalue weighted by Crippen LogP contribution is -2.49. The second kappa shape index (κ2) is 8.64. The van der Waals surface area contributed by atoms with Crippen LogP contribution >= 0.6 is 0 Å². The van der Waals surface area contributed by atoms with E-state index >= 15 is 4.39 Å². The van der Waals surface area contributed by atoms with E-state index in [4.69, 9.17) is 4.74 Å². The quantitative estimate of drug-likeness (QED) is 0.757. The number of aromatic nitrogens is 2. The number of anilines is 1. The number of ether oxygens (including phenoxy) is 1. The topological polar surface area (TPSA) is 96.8 Å². The van der Waals surface area contributed by atoms with Crippen molar-refractivity contribution in [1.82, 2.24) is 19.8 Å². The number of nitrogens with zero attached hydrogens (tertiary/aromatic N) is 4. The molecule has 0 unspecified atom stereocenters. The maximum Gasteiger partial charge on any atom is 0.410 e. The molecule has 2 aromatic heterocycles. The number of urea groups is 1. The van der Waals surface area contributed by atoms with Crippen molar-refractivity contribution in [1.29, 1.82) is 0 Å². The van der Waals surface area contributed by atoms with Gasteiger partial charge in [-0.15, -0.1) is 0 Å². The molecule has 0 aliphatic carbocycles. The molecule has 9 nitrogen and oxygen atoms in total. The highest BCUT2D eigenvalue weighted by Crippen LogP contribution is 2.33. The molecule has 2 saturated heterocycles. The zero-order valence-corrected chi connectivity index (χ0v) is 19.4. The van der Waals surface area contributed by atoms with Gasteiger partial charge in [0.1, 0.15) is 17.4 Å². The van der Waals surface area contributed by atoms with Crippen molar-refractivity contribution >= 4 is 34.8 Å². The third kappa shape index (κ3) is 4.65. The van der Waals surface area contributed by atoms with E-state index in [-0.39, 0.29) is 25.4 Å². The molecular weight excluding hydrogens is 429 g/mol. The number of rotatable bonds is 3. The van der Waals surface area contributed by atoms with Gasteiger partial charge in [0, 0.05) is 31.1 Å². The molecule has 0 aromatic carbocycles. The predicted molar refractivity (Wildman–Crippen MR) is 121 cm³/mol. The molecule has 178 valence electrons. The van der Waals surface area contributed by atoms with Gasteiger partial charge in [-0.25, -0.2) is 19.0 Å². The summed E-state index contributed by atoms with van der Waals surface area (Å²) in [4.78, 5) is 43.5. The normalized spacial score (nSPS) is 22.0. The minimum atomic E-state index is -1.27. The highest BCUT2D eigenvalue weighted by atomic mass is 19.1. The summed E-state index contributed by atoms with van der Waals surface area (Å²) in [5, 5.41) is 3.17. The molecule has 2 aliphatic heterocycles. The zero-order chi connectivity index (χ0) is 23.9. The van der Waals surface area contributed by atoms with Crippen LogP contribution in [0.2, 0.25) is 0 Å². The Labute approximate surface area is 191 Å². The van der Waals surface area contributed by atoms with E-state index in [1.807, 2.05) is 23.8 Å². The Balaban J connectivity index is 1.58. The van der Waals surface area contributed by atoms with Crippen LogP contribution < -0.4 is 10.2 Å². The van der Waals surface area contributed by atoms with Crippen molar-refractivity contribution in [2.45, 2.75) is 64.8 Å². The van der Waals surface area contributed by atoms with Crippen LogP contribution in [0, 0.1) is 0 Å². The van der Waals surface area contributed by atoms with Gasteiger partial charge in [-0.3, -0.25) is 15.0 Å². The number of hydrogen-bond donors (Lipinski definition) is 1. The van der Waals surface area contributed by atoms with E-state index in [2.05, 4.69) is 10.3 Å². The Kier molecular flexibility index (Phi) is 6.02. The number of carbonyl (C=O) groups excluding carboxylic acids is 3. The first-order valence-corrected chi connectivity index (χ1v) is 11.3. The smallest absolute Gasteiger partial charge is 0.410 e. The van der Waals surface area contributed by atoms with Gasteiger partial charge in [-0.05, 0) is 45.2 Å². The second-order valence-corrected chi connectivity index (χ2v) is 9.53. The van der Waals surface area contributed by atoms with Crippen LogP contribution in [0.5, 0.6) is 0 Å². The van der Waals surface area contributed by atoms with Crippen LogP contribution in [0.15, 0.2) is 18.5 Å². The lowest BCUT2D eigenvalue weighted by Gasteiger charge is -2.36. The van der Waals surface area contributed by atoms with Crippen molar-refractivity contribution in [2.75, 3.05) is 24.5 Å². The molecule has 4 rings (SSSR count). The lowest BCUT2D eigenvalue weighted by atomic mass is 10.0. The van der Waals surface area contributed by atoms with Crippen molar-refractivity contribution < 1.29 is 23.5 Å². The molecule has 4 heterocycles. The highest BCUT2D eigenvalue weighted by molar-refractivity contribution is 6.06. The Hall–Kier alpha value is -3.17. The number of imide groups is 1. The highest BCUT2D eigenvalue weighted by Gasteiger charge is 2.35. The number of pyridine rings is 1. The summed E-state index contributed by atoms with van der Waals surface area (Å²) in [6, 6.07) is 0.944. The van der Waals surface area contributed by atoms with Gasteiger partial charge in [0.2, 0.25) is 5.91 Å². The number of nitrogens with one attached hydrogen (secondary N) is 1. The number of carbonyl (C=O) groups is 3. The zero-order valence-electron chi connectivity index (χ0n) is 19.4. The van der Waals surface area contributed by atoms with Gasteiger partial charge >= 0.3 is 12.1 Å². The van der Waals surface area contributed by atoms with Crippen LogP contribution in [-0.4, -0.2) is 63.9 Å². The largest absolute Gasteiger partial charge is 0.444 e. The summed E-state index contributed by atoms with van der Waals surface area (Å²) in [6.45, 7) is 8.00. The molecule has 10 heteroatoms. The summed E-state index contributed by atoms with van der Waals surface area (Å²) in [7, 11) is 0. The number of fused-ring (bicyclic) bond motifs is 1. The number of hydrogen-bond acceptors (Lipinski definition) is 5. The molecule has 33 heavy (non-hydrogen) atoms. The van der Waals surface area contributed by atoms with E-state index in [1.165, 1.54) is 9.80 Å². The van der Waals surface area contributed by atoms with Crippen molar-refractivity contribution in [3.8, 4) is 0 Å². The summed E-state index contributed by atoms with van der Waals surface area (Å²) >= 11 is 0. The summed E-state index contributed by atoms with van der Waals surface area (Å²) < 4.78 is 22.5. The van der Waals surface area contributed by atoms with Crippen LogP contribution in [0.1, 0.15) is 52.1 Å². The summed E-state index contributed by atoms with van der Waals surface area (Å²) in [5.41, 5.74) is 1.60. The maximum atomic E-state index is 15.3. The predicted octanol–water partition coefficient (Wildman–Crippen LogP) is 3.57. The summed E-state index contributed by atoms with van der Waals surface area (Å²) in [5.74, 6) is -0.294. The van der Waals surface area contributed by atoms with Gasteiger partial charge in [-0.2, -0.15) is 0 Å². The average molecular weight is 460 g/mol. The number of amides is 4. The van der Waals surface area contributed by atoms with E-state index in [9.17, 15) is 14.4 Å². The Morgan fingerprint density at radius 1 is 1.30 bits per heavy atom. The number of piperidine rings is 1. The molecule has 2 aliphatic rings. The van der Waals surface area contributed by atoms with E-state index < -0.39 is 29.9 Å². The molecule has 2 atom stereocenters. The first kappa shape index (κ1) is 23.0. The standard InChI is InChI=1S/C23H30FN5O4/c1-5-14-12-29(18-6-8-27(13-17(18)24)22(32)33-23(2,3)4)20-16(14)10-15(11-25-20)28-9-7-19(30)26-21(28)31/h10-12,17-18H,5-9,13H2,1-4H3,(H,26,30,31)/t17-,18+/m1/s1. The second-order valence-electron chi connectivity index (χ2n) is 9.53. The van der Waals surface area contributed by atoms with Gasteiger partial charge in [0.05, 0.1) is 24.5 Å². The molecule has 1 N–H and O–H groups in total. The SMILES string of the molecule is CCc1cn([C@H]2CCN(C(=O)OC(C)(C)C)C[C@H]2F)c2ncc(N3CCC(=O)NC3=O)cc12. The minimum absolute atomic E-state index is 0.0409. The number of aryl methyl sites for hydroxylation is 1. The average Bonchev–Trinajstić information content (AvgIpc) is 3.10. The first-order chi connectivity index (χ1) is 15.6. The fraction of sp³-hybridized carbons (Fsp3) is 0.565. The molecule has 2 aromatic rings. The minimum Gasteiger partial charge on any atom is -0.444 e. The van der Waals surface area contributed by atoms with E-state index in [1.54, 1.807) is 27.0 Å². The molecule has 4 amide bonds. The Bertz CT molecular complexity index is 1090. The Morgan fingerprint density at radius 2 is 2.06 bits per heavy atom. The third-order valence-electron chi connectivity index (χ3n) is 6.00. The fourth-order valence-corrected chi connectivity index (χ4v) is 4.38. The fourth-order valence-electron chi connectivity index (χ4n) is 4.38. The van der Waals surface area contributed by atoms with Crippen molar-refractivity contribution in [3.63, 3.8) is 0 Å². The van der Waals surface area contributed by atoms with E-state index in [0.717, 1.165) is 10.9 Å². The van der Waals surface area contributed by atoms with Crippen LogP contribution in [-0.2, 0) is 16.0 Å². The van der Waals surface area contributed by atoms with Gasteiger partial charge < -0.3 is 14.2 Å². The van der Waals surface area contributed by atoms with Crippen molar-refractivity contribution in [3.05, 3.63) is 24.0 Å². The first-order valence-electron chi connectivity index (χ1n) is 11.3. The molecule has 0 bridgehead atoms. The number of alkyl halides is 1.